The molecule has 24 heavy (non-hydrogen) atoms. The minimum Gasteiger partial charge on any atom is -0.367 e. The number of halogens is 4. The topological polar surface area (TPSA) is 56.4 Å². The Hall–Kier alpha value is -2.22. The summed E-state index contributed by atoms with van der Waals surface area (Å²) in [5, 5.41) is 1.12. The average molecular weight is 360 g/mol. The third-order valence-corrected chi connectivity index (χ3v) is 4.25. The summed E-state index contributed by atoms with van der Waals surface area (Å²) >= 11 is 6.09. The number of benzene rings is 1. The monoisotopic (exact) mass is 359 g/mol. The first-order valence-electron chi connectivity index (χ1n) is 7.18. The predicted molar refractivity (Wildman–Crippen MR) is 83.5 cm³/mol. The van der Waals surface area contributed by atoms with Crippen molar-refractivity contribution >= 4 is 40.4 Å². The Morgan fingerprint density at radius 1 is 1.21 bits per heavy atom. The van der Waals surface area contributed by atoms with Gasteiger partial charge < -0.3 is 14.8 Å². The number of alkyl halides is 3. The van der Waals surface area contributed by atoms with Gasteiger partial charge in [0.25, 0.3) is 0 Å². The quantitative estimate of drug-likeness (QED) is 0.839. The highest BCUT2D eigenvalue weighted by Gasteiger charge is 2.43. The number of piperazine rings is 1. The molecular formula is C15H13ClF3N3O2. The number of H-pyrrole nitrogens is 1. The molecule has 3 rings (SSSR count). The summed E-state index contributed by atoms with van der Waals surface area (Å²) in [5.41, 5.74) is 1.79. The number of aromatic nitrogens is 1. The van der Waals surface area contributed by atoms with Gasteiger partial charge in [-0.1, -0.05) is 11.6 Å². The predicted octanol–water partition coefficient (Wildman–Crippen LogP) is 2.84. The van der Waals surface area contributed by atoms with Crippen LogP contribution in [0.15, 0.2) is 18.3 Å². The van der Waals surface area contributed by atoms with E-state index in [4.69, 9.17) is 11.6 Å². The van der Waals surface area contributed by atoms with Crippen LogP contribution in [0, 0.1) is 0 Å². The normalized spacial score (nSPS) is 15.8. The number of hydrogen-bond acceptors (Lipinski definition) is 3. The van der Waals surface area contributed by atoms with E-state index < -0.39 is 12.1 Å². The van der Waals surface area contributed by atoms with E-state index in [2.05, 4.69) is 4.98 Å². The van der Waals surface area contributed by atoms with Gasteiger partial charge in [0.05, 0.1) is 0 Å². The molecule has 1 N–H and O–H groups in total. The van der Waals surface area contributed by atoms with Gasteiger partial charge in [-0.05, 0) is 12.1 Å². The molecule has 0 saturated carbocycles. The lowest BCUT2D eigenvalue weighted by atomic mass is 10.1. The number of fused-ring (bicyclic) bond motifs is 1. The summed E-state index contributed by atoms with van der Waals surface area (Å²) in [5.74, 6) is -1.83. The lowest BCUT2D eigenvalue weighted by molar-refractivity contribution is -0.185. The Kier molecular flexibility index (Phi) is 4.16. The second-order valence-electron chi connectivity index (χ2n) is 5.49. The number of carbonyl (C=O) groups is 2. The van der Waals surface area contributed by atoms with Crippen LogP contribution in [0.25, 0.3) is 10.9 Å². The molecule has 1 aromatic carbocycles. The number of nitrogens with one attached hydrogen (secondary N) is 1. The van der Waals surface area contributed by atoms with Gasteiger partial charge >= 0.3 is 12.1 Å². The zero-order valence-corrected chi connectivity index (χ0v) is 13.1. The summed E-state index contributed by atoms with van der Waals surface area (Å²) < 4.78 is 37.5. The molecule has 1 aromatic heterocycles. The molecule has 0 bridgehead atoms. The van der Waals surface area contributed by atoms with E-state index in [1.54, 1.807) is 18.3 Å². The molecule has 2 aromatic rings. The number of carbonyl (C=O) groups excluding carboxylic acids is 2. The first-order valence-corrected chi connectivity index (χ1v) is 7.56. The molecule has 5 nitrogen and oxygen atoms in total. The fourth-order valence-corrected chi connectivity index (χ4v) is 3.12. The van der Waals surface area contributed by atoms with Gasteiger partial charge in [-0.25, -0.2) is 0 Å². The van der Waals surface area contributed by atoms with Crippen molar-refractivity contribution in [3.05, 3.63) is 28.9 Å². The number of aldehydes is 1. The van der Waals surface area contributed by atoms with Crippen molar-refractivity contribution in [2.45, 2.75) is 6.18 Å². The fraction of sp³-hybridized carbons (Fsp3) is 0.333. The highest BCUT2D eigenvalue weighted by atomic mass is 35.5. The van der Waals surface area contributed by atoms with Crippen LogP contribution >= 0.6 is 11.6 Å². The van der Waals surface area contributed by atoms with Crippen LogP contribution in [0.5, 0.6) is 0 Å². The summed E-state index contributed by atoms with van der Waals surface area (Å²) in [4.78, 5) is 28.1. The highest BCUT2D eigenvalue weighted by molar-refractivity contribution is 6.32. The van der Waals surface area contributed by atoms with E-state index in [1.165, 1.54) is 0 Å². The van der Waals surface area contributed by atoms with Gasteiger partial charge in [0.1, 0.15) is 0 Å². The molecule has 0 unspecified atom stereocenters. The lowest BCUT2D eigenvalue weighted by Crippen LogP contribution is -2.52. The molecule has 1 aliphatic rings. The largest absolute Gasteiger partial charge is 0.471 e. The SMILES string of the molecule is O=Cc1c[nH]c2cc(Cl)cc(N3CCN(C(=O)C(F)(F)F)CC3)c12. The molecule has 1 saturated heterocycles. The van der Waals surface area contributed by atoms with Gasteiger partial charge in [0.2, 0.25) is 0 Å². The Bertz CT molecular complexity index is 795. The Morgan fingerprint density at radius 2 is 1.88 bits per heavy atom. The molecule has 0 spiro atoms. The smallest absolute Gasteiger partial charge is 0.367 e. The molecule has 0 radical (unpaired) electrons. The van der Waals surface area contributed by atoms with Crippen molar-refractivity contribution in [1.82, 2.24) is 9.88 Å². The van der Waals surface area contributed by atoms with Crippen molar-refractivity contribution in [3.63, 3.8) is 0 Å². The Balaban J connectivity index is 1.87. The maximum atomic E-state index is 12.5. The molecule has 1 amide bonds. The van der Waals surface area contributed by atoms with E-state index in [0.29, 0.717) is 33.5 Å². The van der Waals surface area contributed by atoms with E-state index in [-0.39, 0.29) is 26.2 Å². The number of hydrogen-bond donors (Lipinski definition) is 1. The van der Waals surface area contributed by atoms with E-state index in [1.807, 2.05) is 4.90 Å². The number of rotatable bonds is 2. The molecular weight excluding hydrogens is 347 g/mol. The zero-order valence-electron chi connectivity index (χ0n) is 12.4. The zero-order chi connectivity index (χ0) is 17.5. The van der Waals surface area contributed by atoms with Crippen LogP contribution in [0.3, 0.4) is 0 Å². The third-order valence-electron chi connectivity index (χ3n) is 4.03. The van der Waals surface area contributed by atoms with Crippen molar-refractivity contribution in [1.29, 1.82) is 0 Å². The van der Waals surface area contributed by atoms with Crippen molar-refractivity contribution < 1.29 is 22.8 Å². The van der Waals surface area contributed by atoms with E-state index in [9.17, 15) is 22.8 Å². The number of aromatic amines is 1. The van der Waals surface area contributed by atoms with Crippen LogP contribution in [0.2, 0.25) is 5.02 Å². The summed E-state index contributed by atoms with van der Waals surface area (Å²) in [6.45, 7) is 0.349. The maximum absolute atomic E-state index is 12.5. The van der Waals surface area contributed by atoms with E-state index >= 15 is 0 Å². The van der Waals surface area contributed by atoms with Crippen molar-refractivity contribution in [2.24, 2.45) is 0 Å². The first kappa shape index (κ1) is 16.6. The van der Waals surface area contributed by atoms with Gasteiger partial charge in [0, 0.05) is 59.6 Å². The maximum Gasteiger partial charge on any atom is 0.471 e. The second-order valence-corrected chi connectivity index (χ2v) is 5.92. The van der Waals surface area contributed by atoms with Crippen molar-refractivity contribution in [3.8, 4) is 0 Å². The molecule has 1 aliphatic heterocycles. The fourth-order valence-electron chi connectivity index (χ4n) is 2.91. The number of amides is 1. The summed E-state index contributed by atoms with van der Waals surface area (Å²) in [6, 6.07) is 3.35. The minimum absolute atomic E-state index is 0.0484. The molecule has 128 valence electrons. The van der Waals surface area contributed by atoms with Gasteiger partial charge in [-0.3, -0.25) is 9.59 Å². The Morgan fingerprint density at radius 3 is 2.46 bits per heavy atom. The number of anilines is 1. The third kappa shape index (κ3) is 2.93. The molecule has 0 aliphatic carbocycles. The molecule has 2 heterocycles. The molecule has 0 atom stereocenters. The first-order chi connectivity index (χ1) is 11.3. The van der Waals surface area contributed by atoms with Gasteiger partial charge in [-0.2, -0.15) is 13.2 Å². The summed E-state index contributed by atoms with van der Waals surface area (Å²) in [7, 11) is 0. The van der Waals surface area contributed by atoms with Crippen LogP contribution in [-0.4, -0.2) is 54.4 Å². The highest BCUT2D eigenvalue weighted by Crippen LogP contribution is 2.33. The van der Waals surface area contributed by atoms with Crippen LogP contribution < -0.4 is 4.90 Å². The number of nitrogens with zero attached hydrogens (tertiary/aromatic N) is 2. The van der Waals surface area contributed by atoms with Crippen LogP contribution in [0.1, 0.15) is 10.4 Å². The van der Waals surface area contributed by atoms with Gasteiger partial charge in [0.15, 0.2) is 6.29 Å². The lowest BCUT2D eigenvalue weighted by Gasteiger charge is -2.36. The van der Waals surface area contributed by atoms with E-state index in [0.717, 1.165) is 4.90 Å². The van der Waals surface area contributed by atoms with Crippen molar-refractivity contribution in [2.75, 3.05) is 31.1 Å². The van der Waals surface area contributed by atoms with Crippen LogP contribution in [-0.2, 0) is 4.79 Å². The minimum atomic E-state index is -4.86. The second kappa shape index (κ2) is 6.01. The summed E-state index contributed by atoms with van der Waals surface area (Å²) in [6.07, 6.45) is -2.60. The average Bonchev–Trinajstić information content (AvgIpc) is 2.95. The molecule has 1 fully saturated rings. The van der Waals surface area contributed by atoms with Gasteiger partial charge in [-0.15, -0.1) is 0 Å². The van der Waals surface area contributed by atoms with Crippen LogP contribution in [0.4, 0.5) is 18.9 Å². The Labute approximate surface area is 140 Å². The standard InChI is InChI=1S/C15H13ClF3N3O2/c16-10-5-11-13(9(8-23)7-20-11)12(6-10)21-1-3-22(4-2-21)14(24)15(17,18)19/h5-8,20H,1-4H2. The molecule has 9 heteroatoms.